The van der Waals surface area contributed by atoms with E-state index in [9.17, 15) is 154 Å². The number of nitrogens with zero attached hydrogens (tertiary/aromatic N) is 4. The van der Waals surface area contributed by atoms with Crippen molar-refractivity contribution in [1.29, 1.82) is 0 Å². The number of aromatic nitrogens is 5. The molecule has 0 fully saturated rings. The van der Waals surface area contributed by atoms with Gasteiger partial charge in [-0.05, 0) is 115 Å². The van der Waals surface area contributed by atoms with Crippen molar-refractivity contribution in [2.24, 2.45) is 0 Å². The first kappa shape index (κ1) is 120. The number of thioether (sulfide) groups is 1. The largest absolute Gasteiger partial charge is 0.481 e. The van der Waals surface area contributed by atoms with Crippen molar-refractivity contribution in [3.05, 3.63) is 136 Å². The number of carboxylic acid groups (broad SMARTS) is 3. The minimum atomic E-state index is -2.28. The van der Waals surface area contributed by atoms with Crippen molar-refractivity contribution in [3.63, 3.8) is 0 Å². The van der Waals surface area contributed by atoms with E-state index in [1.807, 2.05) is 48.5 Å². The number of rotatable bonds is 66. The second kappa shape index (κ2) is 60.9. The predicted molar refractivity (Wildman–Crippen MR) is 518 cm³/mol. The number of amides is 12. The zero-order chi connectivity index (χ0) is 108. The number of aliphatic carboxylic acids is 3. The number of hydrogen-bond acceptors (Lipinski definition) is 40. The summed E-state index contributed by atoms with van der Waals surface area (Å²) < 4.78 is 0. The van der Waals surface area contributed by atoms with Gasteiger partial charge in [-0.25, -0.2) is 19.7 Å². The summed E-state index contributed by atoms with van der Waals surface area (Å²) in [5.74, 6) is -19.3. The van der Waals surface area contributed by atoms with Crippen molar-refractivity contribution in [2.45, 2.75) is 229 Å². The molecule has 34 N–H and O–H groups in total. The Morgan fingerprint density at radius 3 is 1.26 bits per heavy atom. The molecule has 0 bridgehead atoms. The summed E-state index contributed by atoms with van der Waals surface area (Å²) in [6, 6.07) is 10.9. The Bertz CT molecular complexity index is 5400. The third kappa shape index (κ3) is 39.2. The van der Waals surface area contributed by atoms with Crippen LogP contribution in [0.2, 0.25) is 0 Å². The molecule has 3 aromatic heterocycles. The van der Waals surface area contributed by atoms with Crippen molar-refractivity contribution in [2.75, 3.05) is 74.3 Å². The summed E-state index contributed by atoms with van der Waals surface area (Å²) in [5, 5.41) is 214. The first-order valence-corrected chi connectivity index (χ1v) is 49.3. The van der Waals surface area contributed by atoms with E-state index in [-0.39, 0.29) is 59.5 Å². The highest BCUT2D eigenvalue weighted by Gasteiger charge is 2.40. The second-order valence-electron chi connectivity index (χ2n) is 33.8. The summed E-state index contributed by atoms with van der Waals surface area (Å²) in [4.78, 5) is 241. The fourth-order valence-electron chi connectivity index (χ4n) is 14.3. The Morgan fingerprint density at radius 2 is 0.822 bits per heavy atom. The molecule has 0 radical (unpaired) electrons. The number of benzene rings is 3. The molecular weight excluding hydrogens is 1990 g/mol. The first-order chi connectivity index (χ1) is 69.4. The summed E-state index contributed by atoms with van der Waals surface area (Å²) in [7, 11) is 1.95. The lowest BCUT2D eigenvalue weighted by molar-refractivity contribution is -0.142. The fourth-order valence-corrected chi connectivity index (χ4v) is 17.5. The number of carboxylic acids is 3. The smallest absolute Gasteiger partial charge is 0.327 e. The molecule has 3 heterocycles. The van der Waals surface area contributed by atoms with Crippen molar-refractivity contribution in [3.8, 4) is 11.1 Å². The zero-order valence-electron chi connectivity index (χ0n) is 78.6. The highest BCUT2D eigenvalue weighted by atomic mass is 33.1. The standard InChI is InChI=1S/C90H123N19O34S3/c1-43(99-81(134)44-14-16-45(17-15-44)93-32-46-33-98-80-73(100-46)88(141)109-90(91)108-80)13-23-69(123)101-52(18-24-65(119)95-35-59(113)74(128)77(131)62(116)38-110)82(135)104-55(21-27-71(124)125)84(137)102-53(19-25-66(120)96-36-60(114)75(129)78(132)63(117)39-111)83(136)105-56(22-28-72(126)127)85(138)103-54(20-26-67(121)97-37-61(115)76(130)79(133)64(118)40-112)86(139)106-57(87(140)107-58(89(142)143)42-145-146-70-12-6-7-30-92-70)34-94-68(122)29-31-144-41-51-49-10-4-2-8-47(49)48-9-3-5-11-50(48)51/h2-12,14-17,30,33,43,51-64,74-79,93,110-118,128-133H,13,18-29,31-32,34-42H2,1H3,(H,94,122)(H,95,119)(H,96,120)(H,97,121)(H,99,134)(H,101,123)(H,102,137)(H,103,138)(H,104,135)(H,105,136)(H,106,139)(H,107,140)(H,124,125)(H,126,127)(H,142,143)(H3,91,98,108,109,141)/t43-,52+,53+,54+,55+,56+,57+,58+,59+,60+,61+,62-,63-,64-,74-,75-,76-,77-,78-,79-/m1/s1. The van der Waals surface area contributed by atoms with Crippen molar-refractivity contribution >= 4 is 145 Å². The SMILES string of the molecule is C[C@H](CCC(=O)N[C@@H](CCC(=O)NC[C@H](O)[C@@H](O)[C@H](O)[C@H](O)CO)C(=O)N[C@@H](CCC(=O)O)C(=O)N[C@@H](CCC(=O)NC[C@H](O)[C@@H](O)[C@H](O)[C@H](O)CO)C(=O)N[C@@H](CCC(=O)O)C(=O)N[C@@H](CCC(=O)NC[C@H](O)[C@@H](O)[C@H](O)[C@H](O)CO)C(=O)N[C@@H](CNC(=O)CCSCC1c2ccccc2-c2ccccc21)C(=O)N[C@@H](CSSc1ccccn1)C(=O)O)NC(=O)c1ccc(NCc2cnc3nc(N)[nH]c(=O)c3n2)cc1. The van der Waals surface area contributed by atoms with Gasteiger partial charge in [0.25, 0.3) is 11.5 Å². The van der Waals surface area contributed by atoms with Gasteiger partial charge < -0.3 is 167 Å². The lowest BCUT2D eigenvalue weighted by atomic mass is 9.99. The predicted octanol–water partition coefficient (Wildman–Crippen LogP) is -9.10. The van der Waals surface area contributed by atoms with Gasteiger partial charge in [0.15, 0.2) is 11.2 Å². The first-order valence-electron chi connectivity index (χ1n) is 45.9. The number of pyridine rings is 1. The normalized spacial score (nSPS) is 15.8. The molecule has 1 aliphatic rings. The van der Waals surface area contributed by atoms with Crippen molar-refractivity contribution < 1.29 is 164 Å². The van der Waals surface area contributed by atoms with Gasteiger partial charge >= 0.3 is 17.9 Å². The topological polar surface area (TPSA) is 887 Å². The average Bonchev–Trinajstić information content (AvgIpc) is 1.61. The van der Waals surface area contributed by atoms with E-state index in [0.29, 0.717) is 22.2 Å². The number of nitrogen functional groups attached to an aromatic ring is 1. The van der Waals surface area contributed by atoms with Crippen LogP contribution in [0, 0.1) is 0 Å². The van der Waals surface area contributed by atoms with Gasteiger partial charge in [0.05, 0.1) is 56.6 Å². The Hall–Kier alpha value is -12.9. The van der Waals surface area contributed by atoms with E-state index in [0.717, 1.165) is 43.8 Å². The molecule has 20 atom stereocenters. The Morgan fingerprint density at radius 1 is 0.425 bits per heavy atom. The van der Waals surface area contributed by atoms with Gasteiger partial charge in [0.1, 0.15) is 102 Å². The van der Waals surface area contributed by atoms with E-state index in [4.69, 9.17) is 5.73 Å². The summed E-state index contributed by atoms with van der Waals surface area (Å²) in [5.41, 5.74) is 10.1. The average molecular weight is 2110 g/mol. The molecule has 0 spiro atoms. The van der Waals surface area contributed by atoms with Crippen LogP contribution < -0.4 is 80.4 Å². The molecule has 0 saturated heterocycles. The van der Waals surface area contributed by atoms with Gasteiger partial charge in [0, 0.05) is 118 Å². The number of fused-ring (bicyclic) bond motifs is 4. The molecule has 56 heteroatoms. The number of hydrogen-bond donors (Lipinski definition) is 33. The number of aliphatic hydroxyl groups is 15. The summed E-state index contributed by atoms with van der Waals surface area (Å²) in [6.45, 7) is -5.32. The van der Waals surface area contributed by atoms with Crippen LogP contribution in [0.3, 0.4) is 0 Å². The summed E-state index contributed by atoms with van der Waals surface area (Å²) in [6.07, 6.45) is -33.0. The number of H-pyrrole nitrogens is 1. The highest BCUT2D eigenvalue weighted by Crippen LogP contribution is 2.46. The minimum absolute atomic E-state index is 0.0141. The Kier molecular flexibility index (Phi) is 50.1. The molecule has 146 heavy (non-hydrogen) atoms. The van der Waals surface area contributed by atoms with Crippen LogP contribution in [0.1, 0.15) is 123 Å². The number of aromatic amines is 1. The van der Waals surface area contributed by atoms with Crippen LogP contribution in [0.25, 0.3) is 22.3 Å². The third-order valence-corrected chi connectivity index (χ3v) is 26.1. The highest BCUT2D eigenvalue weighted by molar-refractivity contribution is 8.76. The Balaban J connectivity index is 1.17. The number of carbonyl (C=O) groups excluding carboxylic acids is 12. The van der Waals surface area contributed by atoms with Gasteiger partial charge in [0.2, 0.25) is 70.9 Å². The van der Waals surface area contributed by atoms with E-state index < -0.39 is 333 Å². The van der Waals surface area contributed by atoms with Gasteiger partial charge in [-0.3, -0.25) is 76.9 Å². The monoisotopic (exact) mass is 2110 g/mol. The van der Waals surface area contributed by atoms with E-state index >= 15 is 14.4 Å². The molecule has 12 amide bonds. The molecular formula is C90H123N19O34S3. The van der Waals surface area contributed by atoms with E-state index in [1.54, 1.807) is 30.3 Å². The molecule has 800 valence electrons. The zero-order valence-corrected chi connectivity index (χ0v) is 81.0. The minimum Gasteiger partial charge on any atom is -0.481 e. The van der Waals surface area contributed by atoms with E-state index in [2.05, 4.69) is 94.0 Å². The molecule has 3 aromatic carbocycles. The third-order valence-electron chi connectivity index (χ3n) is 22.7. The maximum Gasteiger partial charge on any atom is 0.327 e. The maximum absolute atomic E-state index is 15.2. The molecule has 0 saturated carbocycles. The van der Waals surface area contributed by atoms with Crippen LogP contribution in [-0.2, 0) is 73.7 Å². The number of anilines is 2. The van der Waals surface area contributed by atoms with Crippen LogP contribution in [0.5, 0.6) is 0 Å². The van der Waals surface area contributed by atoms with Crippen LogP contribution in [0.4, 0.5) is 11.6 Å². The van der Waals surface area contributed by atoms with Crippen molar-refractivity contribution in [1.82, 2.24) is 88.7 Å². The molecule has 53 nitrogen and oxygen atoms in total. The van der Waals surface area contributed by atoms with Gasteiger partial charge in [-0.15, -0.1) is 0 Å². The summed E-state index contributed by atoms with van der Waals surface area (Å²) >= 11 is 1.41. The quantitative estimate of drug-likeness (QED) is 0.0125. The fraction of sp³-hybridized carbons (Fsp3) is 0.511. The maximum atomic E-state index is 15.2. The number of nitrogens with two attached hydrogens (primary N) is 1. The van der Waals surface area contributed by atoms with Gasteiger partial charge in [-0.1, -0.05) is 65.4 Å². The number of carbonyl (C=O) groups is 15. The molecule has 1 aliphatic carbocycles. The second-order valence-corrected chi connectivity index (χ2v) is 37.3. The van der Waals surface area contributed by atoms with Crippen LogP contribution >= 0.6 is 33.3 Å². The molecule has 6 aromatic rings. The lowest BCUT2D eigenvalue weighted by Crippen LogP contribution is -2.61. The number of nitrogens with one attached hydrogen (secondary N) is 14. The Labute approximate surface area is 844 Å². The molecule has 0 unspecified atom stereocenters. The number of aliphatic hydroxyl groups excluding tert-OH is 15. The van der Waals surface area contributed by atoms with Crippen LogP contribution in [0.15, 0.2) is 113 Å². The van der Waals surface area contributed by atoms with Crippen LogP contribution in [-0.4, -0.2) is 390 Å². The molecule has 0 aliphatic heterocycles. The lowest BCUT2D eigenvalue weighted by Gasteiger charge is -2.28. The van der Waals surface area contributed by atoms with E-state index in [1.165, 1.54) is 43.2 Å². The van der Waals surface area contributed by atoms with Gasteiger partial charge in [-0.2, -0.15) is 16.7 Å². The molecule has 7 rings (SSSR count).